The van der Waals surface area contributed by atoms with E-state index in [0.29, 0.717) is 11.3 Å². The number of nitrogens with one attached hydrogen (secondary N) is 1. The first kappa shape index (κ1) is 14.1. The van der Waals surface area contributed by atoms with E-state index in [2.05, 4.69) is 10.3 Å². The largest absolute Gasteiger partial charge is 0.443 e. The molecule has 2 heterocycles. The highest BCUT2D eigenvalue weighted by Gasteiger charge is 2.41. The lowest BCUT2D eigenvalue weighted by Crippen LogP contribution is -2.26. The van der Waals surface area contributed by atoms with Crippen LogP contribution in [0.1, 0.15) is 36.9 Å². The molecular formula is C14H14N4O4. The van der Waals surface area contributed by atoms with Gasteiger partial charge in [0.1, 0.15) is 6.26 Å². The van der Waals surface area contributed by atoms with Crippen molar-refractivity contribution < 1.29 is 14.1 Å². The first-order chi connectivity index (χ1) is 10.3. The molecule has 0 saturated heterocycles. The Hall–Kier alpha value is -2.90. The van der Waals surface area contributed by atoms with Gasteiger partial charge in [0.15, 0.2) is 0 Å². The number of hydrogen-bond donors (Lipinski definition) is 2. The fourth-order valence-corrected chi connectivity index (χ4v) is 2.60. The maximum Gasteiger partial charge on any atom is 0.314 e. The number of benzene rings is 1. The van der Waals surface area contributed by atoms with Crippen molar-refractivity contribution in [2.24, 2.45) is 0 Å². The van der Waals surface area contributed by atoms with E-state index in [-0.39, 0.29) is 23.0 Å². The van der Waals surface area contributed by atoms with Crippen molar-refractivity contribution in [3.8, 4) is 0 Å². The van der Waals surface area contributed by atoms with Crippen LogP contribution in [-0.4, -0.2) is 15.8 Å². The molecule has 1 unspecified atom stereocenters. The third-order valence-corrected chi connectivity index (χ3v) is 3.90. The number of hydrogen-bond acceptors (Lipinski definition) is 6. The molecule has 1 aromatic carbocycles. The first-order valence-corrected chi connectivity index (χ1v) is 6.60. The van der Waals surface area contributed by atoms with E-state index < -0.39 is 16.4 Å². The quantitative estimate of drug-likeness (QED) is 0.506. The number of fused-ring (bicyclic) bond motifs is 1. The average Bonchev–Trinajstić information content (AvgIpc) is 3.01. The number of oxazole rings is 1. The molecule has 2 aromatic rings. The fraction of sp³-hybridized carbons (Fsp3) is 0.286. The Labute approximate surface area is 125 Å². The van der Waals surface area contributed by atoms with E-state index >= 15 is 0 Å². The van der Waals surface area contributed by atoms with Crippen LogP contribution >= 0.6 is 0 Å². The topological polar surface area (TPSA) is 124 Å². The third kappa shape index (κ3) is 1.92. The van der Waals surface area contributed by atoms with Crippen LogP contribution in [-0.2, 0) is 10.2 Å². The standard InChI is InChI=1S/C14H14N4O4/c1-14(2)8-6-9(15)7(5-10(8)17-13(14)19)11(18(20)21)12-16-3-4-22-12/h3-6,11H,15H2,1-2H3,(H,17,19). The van der Waals surface area contributed by atoms with E-state index in [1.165, 1.54) is 18.5 Å². The second kappa shape index (κ2) is 4.55. The van der Waals surface area contributed by atoms with Crippen molar-refractivity contribution in [1.82, 2.24) is 4.98 Å². The Morgan fingerprint density at radius 1 is 1.45 bits per heavy atom. The number of nitrogens with two attached hydrogens (primary N) is 1. The average molecular weight is 302 g/mol. The Morgan fingerprint density at radius 3 is 2.77 bits per heavy atom. The summed E-state index contributed by atoms with van der Waals surface area (Å²) >= 11 is 0. The molecule has 1 amide bonds. The van der Waals surface area contributed by atoms with Crippen LogP contribution in [0.2, 0.25) is 0 Å². The van der Waals surface area contributed by atoms with Gasteiger partial charge >= 0.3 is 6.04 Å². The summed E-state index contributed by atoms with van der Waals surface area (Å²) in [5, 5.41) is 14.1. The fourth-order valence-electron chi connectivity index (χ4n) is 2.60. The SMILES string of the molecule is CC1(C)C(=O)Nc2cc(C(c3ncco3)[N+](=O)[O-])c(N)cc21. The summed E-state index contributed by atoms with van der Waals surface area (Å²) in [7, 11) is 0. The number of carbonyl (C=O) groups excluding carboxylic acids is 1. The Kier molecular flexibility index (Phi) is 2.91. The van der Waals surface area contributed by atoms with E-state index in [0.717, 1.165) is 0 Å². The van der Waals surface area contributed by atoms with Crippen LogP contribution < -0.4 is 11.1 Å². The molecule has 1 aromatic heterocycles. The third-order valence-electron chi connectivity index (χ3n) is 3.90. The second-order valence-corrected chi connectivity index (χ2v) is 5.66. The van der Waals surface area contributed by atoms with Gasteiger partial charge in [-0.15, -0.1) is 0 Å². The van der Waals surface area contributed by atoms with Gasteiger partial charge in [0.2, 0.25) is 5.91 Å². The molecular weight excluding hydrogens is 288 g/mol. The molecule has 0 saturated carbocycles. The summed E-state index contributed by atoms with van der Waals surface area (Å²) in [4.78, 5) is 26.7. The number of nitrogen functional groups attached to an aromatic ring is 1. The van der Waals surface area contributed by atoms with E-state index in [4.69, 9.17) is 10.2 Å². The smallest absolute Gasteiger partial charge is 0.314 e. The lowest BCUT2D eigenvalue weighted by atomic mass is 9.85. The van der Waals surface area contributed by atoms with Crippen LogP contribution in [0.15, 0.2) is 29.0 Å². The molecule has 3 N–H and O–H groups in total. The van der Waals surface area contributed by atoms with Gasteiger partial charge in [0.25, 0.3) is 5.89 Å². The number of nitro groups is 1. The van der Waals surface area contributed by atoms with Gasteiger partial charge in [-0.25, -0.2) is 4.98 Å². The first-order valence-electron chi connectivity index (χ1n) is 6.60. The Morgan fingerprint density at radius 2 is 2.18 bits per heavy atom. The van der Waals surface area contributed by atoms with Gasteiger partial charge < -0.3 is 15.5 Å². The monoisotopic (exact) mass is 302 g/mol. The summed E-state index contributed by atoms with van der Waals surface area (Å²) in [5.74, 6) is -0.229. The van der Waals surface area contributed by atoms with Crippen LogP contribution in [0.3, 0.4) is 0 Å². The highest BCUT2D eigenvalue weighted by atomic mass is 16.6. The predicted octanol–water partition coefficient (Wildman–Crippen LogP) is 1.85. The number of aromatic nitrogens is 1. The van der Waals surface area contributed by atoms with Gasteiger partial charge in [-0.3, -0.25) is 14.9 Å². The maximum atomic E-state index is 12.0. The van der Waals surface area contributed by atoms with Gasteiger partial charge in [-0.05, 0) is 31.5 Å². The molecule has 0 radical (unpaired) electrons. The summed E-state index contributed by atoms with van der Waals surface area (Å²) in [6, 6.07) is 1.80. The highest BCUT2D eigenvalue weighted by molar-refractivity contribution is 6.06. The zero-order chi connectivity index (χ0) is 16.1. The van der Waals surface area contributed by atoms with Crippen LogP contribution in [0.5, 0.6) is 0 Å². The number of carbonyl (C=O) groups is 1. The molecule has 1 aliphatic rings. The minimum atomic E-state index is -1.32. The predicted molar refractivity (Wildman–Crippen MR) is 77.9 cm³/mol. The van der Waals surface area contributed by atoms with Crippen molar-refractivity contribution in [3.63, 3.8) is 0 Å². The Balaban J connectivity index is 2.16. The van der Waals surface area contributed by atoms with Gasteiger partial charge in [0.05, 0.1) is 17.2 Å². The van der Waals surface area contributed by atoms with Crippen molar-refractivity contribution in [2.75, 3.05) is 11.1 Å². The summed E-state index contributed by atoms with van der Waals surface area (Å²) in [5.41, 5.74) is 6.97. The van der Waals surface area contributed by atoms with Crippen LogP contribution in [0.25, 0.3) is 0 Å². The second-order valence-electron chi connectivity index (χ2n) is 5.66. The maximum absolute atomic E-state index is 12.0. The van der Waals surface area contributed by atoms with E-state index in [1.54, 1.807) is 19.9 Å². The van der Waals surface area contributed by atoms with Gasteiger partial charge in [0, 0.05) is 16.3 Å². The zero-order valence-electron chi connectivity index (χ0n) is 12.0. The normalized spacial score (nSPS) is 16.9. The molecule has 3 rings (SSSR count). The summed E-state index contributed by atoms with van der Waals surface area (Å²) in [6.07, 6.45) is 2.60. The van der Waals surface area contributed by atoms with Crippen molar-refractivity contribution in [1.29, 1.82) is 0 Å². The highest BCUT2D eigenvalue weighted by Crippen LogP contribution is 2.42. The number of nitrogens with zero attached hydrogens (tertiary/aromatic N) is 2. The molecule has 8 heteroatoms. The molecule has 0 fully saturated rings. The van der Waals surface area contributed by atoms with E-state index in [9.17, 15) is 14.9 Å². The van der Waals surface area contributed by atoms with Gasteiger partial charge in [-0.2, -0.15) is 0 Å². The van der Waals surface area contributed by atoms with E-state index in [1.807, 2.05) is 0 Å². The Bertz CT molecular complexity index is 767. The summed E-state index contributed by atoms with van der Waals surface area (Å²) in [6.45, 7) is 3.54. The van der Waals surface area contributed by atoms with Crippen LogP contribution in [0, 0.1) is 10.1 Å². The van der Waals surface area contributed by atoms with Crippen molar-refractivity contribution in [2.45, 2.75) is 25.3 Å². The molecule has 114 valence electrons. The number of amides is 1. The number of anilines is 2. The minimum absolute atomic E-state index is 0.0553. The molecule has 8 nitrogen and oxygen atoms in total. The zero-order valence-corrected chi connectivity index (χ0v) is 12.0. The van der Waals surface area contributed by atoms with Crippen molar-refractivity contribution in [3.05, 3.63) is 51.7 Å². The molecule has 1 aliphatic heterocycles. The molecule has 22 heavy (non-hydrogen) atoms. The molecule has 1 atom stereocenters. The lowest BCUT2D eigenvalue weighted by molar-refractivity contribution is -0.520. The number of rotatable bonds is 3. The van der Waals surface area contributed by atoms with Crippen molar-refractivity contribution >= 4 is 17.3 Å². The molecule has 0 spiro atoms. The van der Waals surface area contributed by atoms with Gasteiger partial charge in [-0.1, -0.05) is 0 Å². The van der Waals surface area contributed by atoms with Crippen LogP contribution in [0.4, 0.5) is 11.4 Å². The lowest BCUT2D eigenvalue weighted by Gasteiger charge is -2.17. The minimum Gasteiger partial charge on any atom is -0.443 e. The molecule has 0 bridgehead atoms. The summed E-state index contributed by atoms with van der Waals surface area (Å²) < 4.78 is 5.05. The molecule has 0 aliphatic carbocycles.